The van der Waals surface area contributed by atoms with Crippen molar-refractivity contribution in [2.75, 3.05) is 6.54 Å². The van der Waals surface area contributed by atoms with Crippen molar-refractivity contribution in [1.29, 1.82) is 0 Å². The number of amides is 2. The van der Waals surface area contributed by atoms with Crippen LogP contribution in [-0.2, 0) is 4.79 Å². The lowest BCUT2D eigenvalue weighted by Gasteiger charge is -2.01. The molecule has 0 saturated carbocycles. The summed E-state index contributed by atoms with van der Waals surface area (Å²) in [5, 5.41) is 11.0. The summed E-state index contributed by atoms with van der Waals surface area (Å²) in [7, 11) is 0. The molecule has 7 N–H and O–H groups in total. The zero-order valence-corrected chi connectivity index (χ0v) is 10.5. The van der Waals surface area contributed by atoms with Gasteiger partial charge in [-0.1, -0.05) is 0 Å². The molecule has 0 radical (unpaired) electrons. The van der Waals surface area contributed by atoms with Crippen molar-refractivity contribution in [3.05, 3.63) is 23.5 Å². The normalized spacial score (nSPS) is 9.80. The third-order valence-electron chi connectivity index (χ3n) is 2.24. The number of nitrogens with two attached hydrogens (primary N) is 2. The fourth-order valence-electron chi connectivity index (χ4n) is 1.37. The number of carbonyl (C=O) groups is 3. The van der Waals surface area contributed by atoms with E-state index in [0.29, 0.717) is 6.42 Å². The molecular weight excluding hydrogens is 266 g/mol. The number of aromatic nitrogens is 1. The summed E-state index contributed by atoms with van der Waals surface area (Å²) in [6.45, 7) is 0.224. The Hall–Kier alpha value is -2.84. The first-order valence-corrected chi connectivity index (χ1v) is 5.73. The zero-order valence-electron chi connectivity index (χ0n) is 10.5. The molecule has 1 rings (SSSR count). The van der Waals surface area contributed by atoms with Crippen LogP contribution in [0, 0.1) is 0 Å². The maximum absolute atomic E-state index is 11.7. The number of aliphatic imine (C=N–C) groups is 1. The zero-order chi connectivity index (χ0) is 15.1. The second-order valence-corrected chi connectivity index (χ2v) is 3.88. The number of hydrogen-bond donors (Lipinski definition) is 5. The molecular formula is C11H15N5O4. The molecule has 20 heavy (non-hydrogen) atoms. The van der Waals surface area contributed by atoms with Gasteiger partial charge in [-0.25, -0.2) is 0 Å². The smallest absolute Gasteiger partial charge is 0.303 e. The number of hydrogen-bond acceptors (Lipinski definition) is 3. The molecule has 108 valence electrons. The van der Waals surface area contributed by atoms with E-state index in [-0.39, 0.29) is 30.3 Å². The molecule has 1 aromatic rings. The van der Waals surface area contributed by atoms with Crippen LogP contribution in [0.1, 0.15) is 33.8 Å². The van der Waals surface area contributed by atoms with E-state index >= 15 is 0 Å². The van der Waals surface area contributed by atoms with Gasteiger partial charge in [0.2, 0.25) is 0 Å². The number of carboxylic acid groups (broad SMARTS) is 1. The van der Waals surface area contributed by atoms with Crippen LogP contribution in [0.15, 0.2) is 17.1 Å². The third kappa shape index (κ3) is 4.80. The van der Waals surface area contributed by atoms with E-state index in [2.05, 4.69) is 15.3 Å². The van der Waals surface area contributed by atoms with Crippen LogP contribution in [0.4, 0.5) is 0 Å². The summed E-state index contributed by atoms with van der Waals surface area (Å²) in [5.74, 6) is -2.43. The predicted octanol–water partition coefficient (Wildman–Crippen LogP) is -0.977. The first-order chi connectivity index (χ1) is 9.40. The average molecular weight is 281 g/mol. The van der Waals surface area contributed by atoms with Crippen molar-refractivity contribution in [2.45, 2.75) is 12.8 Å². The van der Waals surface area contributed by atoms with Crippen LogP contribution >= 0.6 is 0 Å². The second kappa shape index (κ2) is 6.92. The fraction of sp³-hybridized carbons (Fsp3) is 0.273. The van der Waals surface area contributed by atoms with Gasteiger partial charge in [0.05, 0.1) is 0 Å². The van der Waals surface area contributed by atoms with E-state index in [0.717, 1.165) is 0 Å². The van der Waals surface area contributed by atoms with E-state index in [1.807, 2.05) is 0 Å². The third-order valence-corrected chi connectivity index (χ3v) is 2.24. The van der Waals surface area contributed by atoms with Gasteiger partial charge in [0.25, 0.3) is 11.8 Å². The minimum absolute atomic E-state index is 0.0285. The first-order valence-electron chi connectivity index (χ1n) is 5.73. The lowest BCUT2D eigenvalue weighted by Crippen LogP contribution is -2.25. The van der Waals surface area contributed by atoms with Gasteiger partial charge in [-0.15, -0.1) is 0 Å². The summed E-state index contributed by atoms with van der Waals surface area (Å²) in [6, 6.07) is 2.78. The molecule has 1 heterocycles. The predicted molar refractivity (Wildman–Crippen MR) is 70.1 cm³/mol. The largest absolute Gasteiger partial charge is 0.481 e. The lowest BCUT2D eigenvalue weighted by atomic mass is 10.3. The molecule has 0 bridgehead atoms. The Kier molecular flexibility index (Phi) is 5.27. The second-order valence-electron chi connectivity index (χ2n) is 3.88. The molecule has 9 heteroatoms. The van der Waals surface area contributed by atoms with E-state index in [1.165, 1.54) is 12.1 Å². The van der Waals surface area contributed by atoms with Gasteiger partial charge in [0.15, 0.2) is 5.96 Å². The van der Waals surface area contributed by atoms with Crippen molar-refractivity contribution in [3.8, 4) is 0 Å². The number of aromatic amines is 1. The topological polar surface area (TPSA) is 164 Å². The molecule has 0 aliphatic rings. The Balaban J connectivity index is 2.54. The molecule has 9 nitrogen and oxygen atoms in total. The van der Waals surface area contributed by atoms with Crippen molar-refractivity contribution in [3.63, 3.8) is 0 Å². The molecule has 0 aliphatic heterocycles. The Morgan fingerprint density at radius 2 is 1.90 bits per heavy atom. The number of carboxylic acids is 1. The van der Waals surface area contributed by atoms with E-state index < -0.39 is 17.8 Å². The standard InChI is InChI=1S/C11H15N5O4/c12-11(13)16-10(20)7-4-3-6(15-7)9(19)14-5-1-2-8(17)18/h3-4,15H,1-2,5H2,(H,14,19)(H,17,18)(H4,12,13,16,20). The minimum Gasteiger partial charge on any atom is -0.481 e. The van der Waals surface area contributed by atoms with Crippen LogP contribution in [0.5, 0.6) is 0 Å². The van der Waals surface area contributed by atoms with Gasteiger partial charge in [-0.2, -0.15) is 4.99 Å². The van der Waals surface area contributed by atoms with Crippen LogP contribution in [-0.4, -0.2) is 40.4 Å². The number of H-pyrrole nitrogens is 1. The summed E-state index contributed by atoms with van der Waals surface area (Å²) < 4.78 is 0. The van der Waals surface area contributed by atoms with Gasteiger partial charge in [-0.3, -0.25) is 14.4 Å². The number of nitrogens with one attached hydrogen (secondary N) is 2. The monoisotopic (exact) mass is 281 g/mol. The van der Waals surface area contributed by atoms with Gasteiger partial charge in [-0.05, 0) is 18.6 Å². The highest BCUT2D eigenvalue weighted by Crippen LogP contribution is 2.03. The van der Waals surface area contributed by atoms with Crippen molar-refractivity contribution >= 4 is 23.7 Å². The first kappa shape index (κ1) is 15.2. The molecule has 0 atom stereocenters. The molecule has 2 amide bonds. The molecule has 0 aliphatic carbocycles. The number of nitrogens with zero attached hydrogens (tertiary/aromatic N) is 1. The van der Waals surface area contributed by atoms with Crippen molar-refractivity contribution < 1.29 is 19.5 Å². The quantitative estimate of drug-likeness (QED) is 0.255. The Morgan fingerprint density at radius 1 is 1.25 bits per heavy atom. The maximum Gasteiger partial charge on any atom is 0.303 e. The minimum atomic E-state index is -0.927. The Bertz CT molecular complexity index is 545. The Morgan fingerprint density at radius 3 is 2.50 bits per heavy atom. The molecule has 0 fully saturated rings. The summed E-state index contributed by atoms with van der Waals surface area (Å²) in [5.41, 5.74) is 10.4. The van der Waals surface area contributed by atoms with Crippen molar-refractivity contribution in [2.24, 2.45) is 16.5 Å². The van der Waals surface area contributed by atoms with Crippen LogP contribution < -0.4 is 16.8 Å². The maximum atomic E-state index is 11.7. The van der Waals surface area contributed by atoms with Gasteiger partial charge in [0.1, 0.15) is 11.4 Å². The van der Waals surface area contributed by atoms with Crippen LogP contribution in [0.25, 0.3) is 0 Å². The molecule has 0 unspecified atom stereocenters. The molecule has 0 aromatic carbocycles. The molecule has 1 aromatic heterocycles. The van der Waals surface area contributed by atoms with E-state index in [4.69, 9.17) is 16.6 Å². The highest BCUT2D eigenvalue weighted by Gasteiger charge is 2.12. The van der Waals surface area contributed by atoms with Gasteiger partial charge in [0, 0.05) is 13.0 Å². The number of guanidine groups is 1. The average Bonchev–Trinajstić information content (AvgIpc) is 2.83. The summed E-state index contributed by atoms with van der Waals surface area (Å²) >= 11 is 0. The number of rotatable bonds is 6. The molecule has 0 spiro atoms. The van der Waals surface area contributed by atoms with Gasteiger partial charge < -0.3 is 26.9 Å². The summed E-state index contributed by atoms with van der Waals surface area (Å²) in [6.07, 6.45) is 0.292. The van der Waals surface area contributed by atoms with Crippen molar-refractivity contribution in [1.82, 2.24) is 10.3 Å². The van der Waals surface area contributed by atoms with E-state index in [9.17, 15) is 14.4 Å². The highest BCUT2D eigenvalue weighted by molar-refractivity contribution is 6.02. The fourth-order valence-corrected chi connectivity index (χ4v) is 1.37. The number of carbonyl (C=O) groups excluding carboxylic acids is 2. The number of aliphatic carboxylic acids is 1. The SMILES string of the molecule is NC(N)=NC(=O)c1ccc(C(=O)NCCCC(=O)O)[nH]1. The van der Waals surface area contributed by atoms with Gasteiger partial charge >= 0.3 is 5.97 Å². The van der Waals surface area contributed by atoms with E-state index in [1.54, 1.807) is 0 Å². The van der Waals surface area contributed by atoms with Crippen LogP contribution in [0.3, 0.4) is 0 Å². The summed E-state index contributed by atoms with van der Waals surface area (Å²) in [4.78, 5) is 39.3. The van der Waals surface area contributed by atoms with Crippen LogP contribution in [0.2, 0.25) is 0 Å². The Labute approximate surface area is 114 Å². The lowest BCUT2D eigenvalue weighted by molar-refractivity contribution is -0.137. The highest BCUT2D eigenvalue weighted by atomic mass is 16.4. The molecule has 0 saturated heterocycles.